The zero-order valence-corrected chi connectivity index (χ0v) is 17.4. The van der Waals surface area contributed by atoms with E-state index in [1.165, 1.54) is 6.07 Å². The lowest BCUT2D eigenvalue weighted by atomic mass is 10.1. The first-order valence-corrected chi connectivity index (χ1v) is 13.0. The highest BCUT2D eigenvalue weighted by molar-refractivity contribution is 6.76. The molecular weight excluding hydrogens is 380 g/mol. The molecule has 3 rings (SSSR count). The molecule has 0 aliphatic carbocycles. The van der Waals surface area contributed by atoms with E-state index in [2.05, 4.69) is 40.5 Å². The Labute approximate surface area is 164 Å². The summed E-state index contributed by atoms with van der Waals surface area (Å²) in [7, 11) is -1.17. The summed E-state index contributed by atoms with van der Waals surface area (Å²) >= 11 is 0. The van der Waals surface area contributed by atoms with E-state index in [-0.39, 0.29) is 18.5 Å². The minimum atomic E-state index is -1.17. The number of aromatic nitrogens is 4. The van der Waals surface area contributed by atoms with Crippen LogP contribution in [0.4, 0.5) is 11.4 Å². The second-order valence-electron chi connectivity index (χ2n) is 8.00. The molecule has 2 heterocycles. The Morgan fingerprint density at radius 1 is 1.43 bits per heavy atom. The van der Waals surface area contributed by atoms with Gasteiger partial charge in [-0.1, -0.05) is 19.6 Å². The standard InChI is InChI=1S/C17H26N6O4Si/c1-28(2,3)9-8-26-12-22-17(19-20-21-22)13-4-5-16(23(24)25)15(10-13)18-11-14-6-7-27-14/h4-5,10,14,18H,6-9,11-12H2,1-3H3/t14-/m0/s1. The molecule has 1 aromatic carbocycles. The fourth-order valence-corrected chi connectivity index (χ4v) is 3.43. The van der Waals surface area contributed by atoms with Crippen LogP contribution in [0.2, 0.25) is 25.7 Å². The molecule has 1 aromatic heterocycles. The summed E-state index contributed by atoms with van der Waals surface area (Å²) in [6.45, 7) is 9.03. The Balaban J connectivity index is 1.72. The quantitative estimate of drug-likeness (QED) is 0.277. The smallest absolute Gasteiger partial charge is 0.292 e. The molecule has 1 atom stereocenters. The monoisotopic (exact) mass is 406 g/mol. The summed E-state index contributed by atoms with van der Waals surface area (Å²) in [5.74, 6) is 0.505. The number of nitrogens with zero attached hydrogens (tertiary/aromatic N) is 5. The van der Waals surface area contributed by atoms with Crippen LogP contribution in [0.5, 0.6) is 0 Å². The van der Waals surface area contributed by atoms with Crippen molar-refractivity contribution in [1.82, 2.24) is 20.2 Å². The van der Waals surface area contributed by atoms with Crippen LogP contribution in [-0.4, -0.2) is 59.1 Å². The molecule has 0 saturated carbocycles. The molecule has 11 heteroatoms. The molecule has 1 N–H and O–H groups in total. The van der Waals surface area contributed by atoms with Gasteiger partial charge in [-0.15, -0.1) is 5.10 Å². The first-order valence-electron chi connectivity index (χ1n) is 9.32. The van der Waals surface area contributed by atoms with Gasteiger partial charge < -0.3 is 14.8 Å². The maximum Gasteiger partial charge on any atom is 0.292 e. The number of anilines is 1. The van der Waals surface area contributed by atoms with Gasteiger partial charge in [0, 0.05) is 39.5 Å². The lowest BCUT2D eigenvalue weighted by Gasteiger charge is -2.26. The van der Waals surface area contributed by atoms with E-state index in [4.69, 9.17) is 9.47 Å². The Morgan fingerprint density at radius 3 is 2.86 bits per heavy atom. The minimum absolute atomic E-state index is 0.00786. The van der Waals surface area contributed by atoms with Crippen LogP contribution in [-0.2, 0) is 16.2 Å². The fraction of sp³-hybridized carbons (Fsp3) is 0.588. The molecule has 1 saturated heterocycles. The van der Waals surface area contributed by atoms with Gasteiger partial charge in [-0.3, -0.25) is 10.1 Å². The summed E-state index contributed by atoms with van der Waals surface area (Å²) in [6, 6.07) is 5.86. The lowest BCUT2D eigenvalue weighted by Crippen LogP contribution is -2.33. The normalized spacial score (nSPS) is 16.6. The molecule has 1 fully saturated rings. The first kappa shape index (κ1) is 20.4. The third-order valence-electron chi connectivity index (χ3n) is 4.51. The summed E-state index contributed by atoms with van der Waals surface area (Å²) in [5, 5.41) is 26.2. The molecule has 2 aromatic rings. The third kappa shape index (κ3) is 5.33. The Kier molecular flexibility index (Phi) is 6.37. The number of nitrogens with one attached hydrogen (secondary N) is 1. The largest absolute Gasteiger partial charge is 0.377 e. The SMILES string of the molecule is C[Si](C)(C)CCOCn1nnnc1-c1ccc([N+](=O)[O-])c(NC[C@@H]2CCO2)c1. The van der Waals surface area contributed by atoms with Crippen LogP contribution in [0, 0.1) is 10.1 Å². The van der Waals surface area contributed by atoms with Gasteiger partial charge in [-0.2, -0.15) is 4.68 Å². The topological polar surface area (TPSA) is 117 Å². The molecule has 152 valence electrons. The Bertz CT molecular complexity index is 818. The number of rotatable bonds is 10. The molecule has 28 heavy (non-hydrogen) atoms. The summed E-state index contributed by atoms with van der Waals surface area (Å²) in [5.41, 5.74) is 1.11. The highest BCUT2D eigenvalue weighted by Crippen LogP contribution is 2.30. The van der Waals surface area contributed by atoms with Crippen molar-refractivity contribution in [2.24, 2.45) is 0 Å². The van der Waals surface area contributed by atoms with E-state index in [0.717, 1.165) is 19.1 Å². The van der Waals surface area contributed by atoms with Gasteiger partial charge in [0.05, 0.1) is 11.0 Å². The van der Waals surface area contributed by atoms with E-state index >= 15 is 0 Å². The third-order valence-corrected chi connectivity index (χ3v) is 6.21. The molecule has 1 aliphatic rings. The van der Waals surface area contributed by atoms with Crippen LogP contribution in [0.3, 0.4) is 0 Å². The van der Waals surface area contributed by atoms with Crippen molar-refractivity contribution in [3.05, 3.63) is 28.3 Å². The average molecular weight is 407 g/mol. The first-order chi connectivity index (χ1) is 13.3. The number of benzene rings is 1. The van der Waals surface area contributed by atoms with Crippen molar-refractivity contribution in [3.63, 3.8) is 0 Å². The number of hydrogen-bond acceptors (Lipinski definition) is 8. The maximum absolute atomic E-state index is 11.3. The van der Waals surface area contributed by atoms with Gasteiger partial charge >= 0.3 is 0 Å². The van der Waals surface area contributed by atoms with Gasteiger partial charge in [-0.25, -0.2) is 0 Å². The number of tetrazole rings is 1. The van der Waals surface area contributed by atoms with Crippen LogP contribution in [0.15, 0.2) is 18.2 Å². The number of ether oxygens (including phenoxy) is 2. The van der Waals surface area contributed by atoms with Crippen molar-refractivity contribution in [3.8, 4) is 11.4 Å². The molecule has 0 radical (unpaired) electrons. The molecule has 10 nitrogen and oxygen atoms in total. The number of hydrogen-bond donors (Lipinski definition) is 1. The van der Waals surface area contributed by atoms with E-state index in [0.29, 0.717) is 30.2 Å². The second-order valence-corrected chi connectivity index (χ2v) is 13.6. The van der Waals surface area contributed by atoms with Crippen LogP contribution in [0.25, 0.3) is 11.4 Å². The molecule has 0 spiro atoms. The van der Waals surface area contributed by atoms with Gasteiger partial charge in [0.15, 0.2) is 5.82 Å². The van der Waals surface area contributed by atoms with Crippen molar-refractivity contribution in [2.45, 2.75) is 44.9 Å². The predicted molar refractivity (Wildman–Crippen MR) is 107 cm³/mol. The fourth-order valence-electron chi connectivity index (χ4n) is 2.67. The molecular formula is C17H26N6O4Si. The summed E-state index contributed by atoms with van der Waals surface area (Å²) in [4.78, 5) is 10.9. The van der Waals surface area contributed by atoms with Crippen molar-refractivity contribution in [1.29, 1.82) is 0 Å². The minimum Gasteiger partial charge on any atom is -0.377 e. The zero-order valence-electron chi connectivity index (χ0n) is 16.4. The van der Waals surface area contributed by atoms with Crippen LogP contribution in [0.1, 0.15) is 6.42 Å². The number of nitro benzene ring substituents is 1. The van der Waals surface area contributed by atoms with Gasteiger partial charge in [-0.05, 0) is 35.0 Å². The molecule has 0 bridgehead atoms. The Morgan fingerprint density at radius 2 is 2.21 bits per heavy atom. The van der Waals surface area contributed by atoms with Gasteiger partial charge in [0.25, 0.3) is 5.69 Å². The second kappa shape index (κ2) is 8.75. The van der Waals surface area contributed by atoms with Gasteiger partial charge in [0.1, 0.15) is 12.4 Å². The highest BCUT2D eigenvalue weighted by Gasteiger charge is 2.21. The van der Waals surface area contributed by atoms with Crippen LogP contribution >= 0.6 is 0 Å². The van der Waals surface area contributed by atoms with Crippen molar-refractivity contribution < 1.29 is 14.4 Å². The Hall–Kier alpha value is -2.37. The summed E-state index contributed by atoms with van der Waals surface area (Å²) in [6.07, 6.45) is 1.04. The number of nitro groups is 1. The van der Waals surface area contributed by atoms with E-state index < -0.39 is 13.0 Å². The summed E-state index contributed by atoms with van der Waals surface area (Å²) < 4.78 is 12.7. The van der Waals surface area contributed by atoms with Gasteiger partial charge in [0.2, 0.25) is 0 Å². The van der Waals surface area contributed by atoms with E-state index in [9.17, 15) is 10.1 Å². The molecule has 1 aliphatic heterocycles. The lowest BCUT2D eigenvalue weighted by molar-refractivity contribution is -0.384. The van der Waals surface area contributed by atoms with Crippen molar-refractivity contribution in [2.75, 3.05) is 25.1 Å². The van der Waals surface area contributed by atoms with Crippen LogP contribution < -0.4 is 5.32 Å². The zero-order chi connectivity index (χ0) is 20.1. The highest BCUT2D eigenvalue weighted by atomic mass is 28.3. The maximum atomic E-state index is 11.3. The molecule has 0 unspecified atom stereocenters. The van der Waals surface area contributed by atoms with E-state index in [1.54, 1.807) is 16.8 Å². The average Bonchev–Trinajstić information content (AvgIpc) is 3.04. The van der Waals surface area contributed by atoms with Crippen molar-refractivity contribution >= 4 is 19.4 Å². The predicted octanol–water partition coefficient (Wildman–Crippen LogP) is 2.76. The molecule has 0 amide bonds. The van der Waals surface area contributed by atoms with E-state index in [1.807, 2.05) is 0 Å².